The highest BCUT2D eigenvalue weighted by Crippen LogP contribution is 2.33. The third-order valence-corrected chi connectivity index (χ3v) is 5.28. The van der Waals surface area contributed by atoms with Gasteiger partial charge in [-0.2, -0.15) is 17.9 Å². The van der Waals surface area contributed by atoms with Crippen molar-refractivity contribution in [3.05, 3.63) is 94.7 Å². The number of aromatic nitrogens is 6. The zero-order valence-corrected chi connectivity index (χ0v) is 19.0. The number of carbonyl (C=O) groups excluding carboxylic acids is 1. The molecule has 192 valence electrons. The third kappa shape index (κ3) is 4.92. The molecule has 0 atom stereocenters. The topological polar surface area (TPSA) is 155 Å². The molecule has 0 aliphatic rings. The first-order valence-corrected chi connectivity index (χ1v) is 10.8. The fourth-order valence-corrected chi connectivity index (χ4v) is 3.56. The van der Waals surface area contributed by atoms with Crippen LogP contribution in [0, 0.1) is 0 Å². The molecule has 0 aliphatic carbocycles. The Kier molecular flexibility index (Phi) is 6.08. The minimum absolute atomic E-state index is 0.0655. The summed E-state index contributed by atoms with van der Waals surface area (Å²) in [5, 5.41) is 22.3. The van der Waals surface area contributed by atoms with Crippen molar-refractivity contribution in [3.8, 4) is 5.69 Å². The Bertz CT molecular complexity index is 1760. The zero-order chi connectivity index (χ0) is 26.9. The maximum absolute atomic E-state index is 13.2. The first kappa shape index (κ1) is 24.2. The number of carbonyl (C=O) groups is 1. The fourth-order valence-electron chi connectivity index (χ4n) is 3.56. The number of hydrogen-bond donors (Lipinski definition) is 4. The fraction of sp³-hybridized carbons (Fsp3) is 0.0435. The second-order valence-corrected chi connectivity index (χ2v) is 7.79. The number of hydrogen-bond acceptors (Lipinski definition) is 7. The summed E-state index contributed by atoms with van der Waals surface area (Å²) in [5.74, 6) is 0. The van der Waals surface area contributed by atoms with Crippen LogP contribution in [0.15, 0.2) is 83.2 Å². The number of amides is 2. The van der Waals surface area contributed by atoms with Gasteiger partial charge in [-0.05, 0) is 42.5 Å². The summed E-state index contributed by atoms with van der Waals surface area (Å²) in [6, 6.07) is 9.40. The molecule has 0 aliphatic heterocycles. The van der Waals surface area contributed by atoms with Gasteiger partial charge in [-0.3, -0.25) is 4.79 Å². The van der Waals surface area contributed by atoms with Crippen LogP contribution in [0.1, 0.15) is 5.56 Å². The van der Waals surface area contributed by atoms with E-state index in [1.807, 2.05) is 0 Å². The van der Waals surface area contributed by atoms with Crippen LogP contribution in [0.2, 0.25) is 0 Å². The van der Waals surface area contributed by atoms with Crippen LogP contribution < -0.4 is 21.6 Å². The number of fused-ring (bicyclic) bond motifs is 1. The molecule has 0 radical (unpaired) electrons. The molecule has 15 heteroatoms. The van der Waals surface area contributed by atoms with Gasteiger partial charge >= 0.3 is 12.2 Å². The number of pyridine rings is 1. The molecular weight excluding hydrogens is 507 g/mol. The van der Waals surface area contributed by atoms with E-state index in [1.165, 1.54) is 59.7 Å². The van der Waals surface area contributed by atoms with E-state index in [0.717, 1.165) is 18.5 Å². The second kappa shape index (κ2) is 9.53. The van der Waals surface area contributed by atoms with Crippen LogP contribution in [0.25, 0.3) is 16.7 Å². The van der Waals surface area contributed by atoms with E-state index in [0.29, 0.717) is 16.1 Å². The smallest absolute Gasteiger partial charge is 0.416 e. The number of aromatic amines is 1. The molecular formula is C23H16F3N9O3. The molecule has 2 aromatic carbocycles. The van der Waals surface area contributed by atoms with Gasteiger partial charge < -0.3 is 20.8 Å². The lowest BCUT2D eigenvalue weighted by Gasteiger charge is -2.15. The van der Waals surface area contributed by atoms with E-state index in [1.54, 1.807) is 0 Å². The summed E-state index contributed by atoms with van der Waals surface area (Å²) in [6.45, 7) is 0. The van der Waals surface area contributed by atoms with Gasteiger partial charge in [0.05, 0.1) is 35.0 Å². The van der Waals surface area contributed by atoms with Crippen molar-refractivity contribution in [2.75, 3.05) is 10.6 Å². The molecule has 3 heterocycles. The Morgan fingerprint density at radius 1 is 1.08 bits per heavy atom. The summed E-state index contributed by atoms with van der Waals surface area (Å²) in [5.41, 5.74) is -0.428. The summed E-state index contributed by atoms with van der Waals surface area (Å²) in [6.07, 6.45) is 0.611. The molecule has 38 heavy (non-hydrogen) atoms. The summed E-state index contributed by atoms with van der Waals surface area (Å²) in [7, 11) is 0. The Labute approximate surface area is 209 Å². The maximum atomic E-state index is 13.2. The first-order chi connectivity index (χ1) is 18.2. The summed E-state index contributed by atoms with van der Waals surface area (Å²) < 4.78 is 41.6. The molecule has 0 spiro atoms. The lowest BCUT2D eigenvalue weighted by atomic mass is 10.1. The first-order valence-electron chi connectivity index (χ1n) is 10.8. The average molecular weight is 523 g/mol. The van der Waals surface area contributed by atoms with Gasteiger partial charge in [-0.25, -0.2) is 19.5 Å². The molecule has 0 unspecified atom stereocenters. The maximum Gasteiger partial charge on any atom is 0.416 e. The number of nitrogens with one attached hydrogen (secondary N) is 3. The number of alkyl halides is 3. The monoisotopic (exact) mass is 523 g/mol. The minimum Gasteiger partial charge on any atom is -0.425 e. The van der Waals surface area contributed by atoms with Gasteiger partial charge in [0, 0.05) is 18.0 Å². The number of benzene rings is 2. The van der Waals surface area contributed by atoms with Crippen LogP contribution in [0.3, 0.4) is 0 Å². The predicted molar refractivity (Wildman–Crippen MR) is 128 cm³/mol. The van der Waals surface area contributed by atoms with Crippen LogP contribution in [0.5, 0.6) is 0 Å². The van der Waals surface area contributed by atoms with Crippen molar-refractivity contribution in [1.82, 2.24) is 29.7 Å². The molecule has 0 bridgehead atoms. The van der Waals surface area contributed by atoms with Crippen molar-refractivity contribution in [3.63, 3.8) is 0 Å². The van der Waals surface area contributed by atoms with Gasteiger partial charge in [0.2, 0.25) is 0 Å². The molecule has 2 amide bonds. The Balaban J connectivity index is 1.38. The van der Waals surface area contributed by atoms with Crippen molar-refractivity contribution in [1.29, 1.82) is 0 Å². The minimum atomic E-state index is -4.62. The van der Waals surface area contributed by atoms with Crippen LogP contribution in [-0.4, -0.2) is 40.9 Å². The van der Waals surface area contributed by atoms with Crippen molar-refractivity contribution >= 4 is 34.1 Å². The summed E-state index contributed by atoms with van der Waals surface area (Å²) >= 11 is 0. The molecule has 5 rings (SSSR count). The number of urea groups is 1. The highest BCUT2D eigenvalue weighted by Gasteiger charge is 2.31. The second-order valence-electron chi connectivity index (χ2n) is 7.79. The quantitative estimate of drug-likeness (QED) is 0.265. The van der Waals surface area contributed by atoms with E-state index in [4.69, 9.17) is 0 Å². The van der Waals surface area contributed by atoms with Gasteiger partial charge in [-0.15, -0.1) is 5.10 Å². The SMILES string of the molecule is O=C(Nc1ccc(N=c2ncn(O)c3[nH]ccc(=O)c23)cc1)Nc1cc(C(F)(F)F)ccc1-n1ccnn1. The van der Waals surface area contributed by atoms with Crippen molar-refractivity contribution in [2.45, 2.75) is 6.18 Å². The Morgan fingerprint density at radius 3 is 2.58 bits per heavy atom. The average Bonchev–Trinajstić information content (AvgIpc) is 3.41. The number of nitrogens with zero attached hydrogens (tertiary/aromatic N) is 6. The van der Waals surface area contributed by atoms with E-state index in [2.05, 4.69) is 35.9 Å². The van der Waals surface area contributed by atoms with Crippen molar-refractivity contribution < 1.29 is 23.2 Å². The number of anilines is 2. The van der Waals surface area contributed by atoms with Gasteiger partial charge in [-0.1, -0.05) is 5.21 Å². The molecule has 3 aromatic heterocycles. The Morgan fingerprint density at radius 2 is 1.87 bits per heavy atom. The van der Waals surface area contributed by atoms with E-state index >= 15 is 0 Å². The van der Waals surface area contributed by atoms with Gasteiger partial charge in [0.25, 0.3) is 0 Å². The largest absolute Gasteiger partial charge is 0.425 e. The van der Waals surface area contributed by atoms with Crippen LogP contribution >= 0.6 is 0 Å². The molecule has 4 N–H and O–H groups in total. The normalized spacial score (nSPS) is 12.0. The molecule has 0 saturated heterocycles. The number of rotatable bonds is 4. The summed E-state index contributed by atoms with van der Waals surface area (Å²) in [4.78, 5) is 35.9. The number of H-pyrrole nitrogens is 1. The molecule has 0 fully saturated rings. The lowest BCUT2D eigenvalue weighted by Crippen LogP contribution is -2.21. The van der Waals surface area contributed by atoms with Crippen LogP contribution in [-0.2, 0) is 6.18 Å². The van der Waals surface area contributed by atoms with E-state index in [-0.39, 0.29) is 27.9 Å². The van der Waals surface area contributed by atoms with E-state index < -0.39 is 23.2 Å². The molecule has 5 aromatic rings. The van der Waals surface area contributed by atoms with Crippen LogP contribution in [0.4, 0.5) is 35.0 Å². The predicted octanol–water partition coefficient (Wildman–Crippen LogP) is 3.44. The van der Waals surface area contributed by atoms with Gasteiger partial charge in [0.1, 0.15) is 11.7 Å². The van der Waals surface area contributed by atoms with E-state index in [9.17, 15) is 28.0 Å². The molecule has 12 nitrogen and oxygen atoms in total. The van der Waals surface area contributed by atoms with Crippen molar-refractivity contribution in [2.24, 2.45) is 4.99 Å². The standard InChI is InChI=1S/C23H16F3N9O3/c24-23(25,26)13-1-6-17(34-10-9-29-33-34)16(11-13)32-22(37)31-15-4-2-14(3-5-15)30-20-19-18(36)7-8-27-21(19)35(38)12-28-20/h1-12,38H,(H,27,36)(H2,31,32,37). The third-order valence-electron chi connectivity index (χ3n) is 5.28. The highest BCUT2D eigenvalue weighted by molar-refractivity contribution is 6.01. The zero-order valence-electron chi connectivity index (χ0n) is 19.0. The Hall–Kier alpha value is -5.47. The van der Waals surface area contributed by atoms with Gasteiger partial charge in [0.15, 0.2) is 16.6 Å². The highest BCUT2D eigenvalue weighted by atomic mass is 19.4. The molecule has 0 saturated carbocycles. The lowest BCUT2D eigenvalue weighted by molar-refractivity contribution is -0.137. The number of halogens is 3.